The number of hydrogen-bond donors (Lipinski definition) is 1. The third kappa shape index (κ3) is 2.16. The largest absolute Gasteiger partial charge is 0.611 e. The molecule has 0 bridgehead atoms. The Balaban J connectivity index is 0.000000640. The Labute approximate surface area is 60.8 Å². The predicted octanol–water partition coefficient (Wildman–Crippen LogP) is 0.301. The highest BCUT2D eigenvalue weighted by molar-refractivity contribution is 6.47. The van der Waals surface area contributed by atoms with E-state index in [1.165, 1.54) is 12.5 Å². The molecule has 0 saturated carbocycles. The van der Waals surface area contributed by atoms with Crippen molar-refractivity contribution < 1.29 is 9.31 Å². The van der Waals surface area contributed by atoms with Crippen molar-refractivity contribution >= 4 is 19.5 Å². The molecule has 5 heteroatoms. The average Bonchev–Trinajstić information content (AvgIpc) is 2.12. The molecule has 0 aromatic carbocycles. The van der Waals surface area contributed by atoms with Gasteiger partial charge in [-0.2, -0.15) is 0 Å². The van der Waals surface area contributed by atoms with E-state index >= 15 is 0 Å². The maximum absolute atomic E-state index is 5.41. The molecule has 1 aliphatic rings. The Kier molecular flexibility index (Phi) is 3.50. The van der Waals surface area contributed by atoms with E-state index in [4.69, 9.17) is 15.0 Å². The Morgan fingerprint density at radius 1 is 1.44 bits per heavy atom. The maximum Gasteiger partial charge on any atom is 0.611 e. The standard InChI is InChI=1S/C4H8BNO2.ClH/c1-4(6)5-7-2-3-8-5;/h2-4H,6H2,1H3;1H. The van der Waals surface area contributed by atoms with E-state index in [0.29, 0.717) is 0 Å². The van der Waals surface area contributed by atoms with E-state index in [2.05, 4.69) is 0 Å². The van der Waals surface area contributed by atoms with Crippen molar-refractivity contribution in [3.05, 3.63) is 12.5 Å². The van der Waals surface area contributed by atoms with Crippen LogP contribution < -0.4 is 5.73 Å². The molecule has 0 saturated heterocycles. The highest BCUT2D eigenvalue weighted by Gasteiger charge is 2.28. The first-order valence-electron chi connectivity index (χ1n) is 2.52. The zero-order chi connectivity index (χ0) is 5.98. The highest BCUT2D eigenvalue weighted by Crippen LogP contribution is 2.02. The smallest absolute Gasteiger partial charge is 0.528 e. The fourth-order valence-corrected chi connectivity index (χ4v) is 0.499. The molecule has 0 fully saturated rings. The molecule has 0 radical (unpaired) electrons. The quantitative estimate of drug-likeness (QED) is 0.546. The number of halogens is 1. The zero-order valence-electron chi connectivity index (χ0n) is 5.11. The molecule has 1 atom stereocenters. The van der Waals surface area contributed by atoms with Gasteiger partial charge in [-0.1, -0.05) is 0 Å². The topological polar surface area (TPSA) is 44.5 Å². The van der Waals surface area contributed by atoms with Crippen LogP contribution in [0.3, 0.4) is 0 Å². The Hall–Kier alpha value is -0.345. The predicted molar refractivity (Wildman–Crippen MR) is 38.0 cm³/mol. The van der Waals surface area contributed by atoms with Crippen LogP contribution in [0.5, 0.6) is 0 Å². The second-order valence-electron chi connectivity index (χ2n) is 1.77. The molecule has 0 amide bonds. The SMILES string of the molecule is CC(N)B1OC=CO1.Cl. The second kappa shape index (κ2) is 3.64. The van der Waals surface area contributed by atoms with Crippen LogP contribution in [0.2, 0.25) is 0 Å². The number of hydrogen-bond acceptors (Lipinski definition) is 3. The van der Waals surface area contributed by atoms with Crippen molar-refractivity contribution in [2.75, 3.05) is 0 Å². The van der Waals surface area contributed by atoms with Gasteiger partial charge in [0.25, 0.3) is 0 Å². The molecular formula is C4H9BClNO2. The number of nitrogens with two attached hydrogens (primary N) is 1. The molecule has 1 heterocycles. The van der Waals surface area contributed by atoms with Crippen LogP contribution in [-0.2, 0) is 9.31 Å². The molecule has 1 aliphatic heterocycles. The minimum atomic E-state index is -0.269. The van der Waals surface area contributed by atoms with Gasteiger partial charge in [-0.15, -0.1) is 12.4 Å². The van der Waals surface area contributed by atoms with Crippen LogP contribution in [0, 0.1) is 0 Å². The van der Waals surface area contributed by atoms with Gasteiger partial charge in [0.2, 0.25) is 0 Å². The highest BCUT2D eigenvalue weighted by atomic mass is 35.5. The fraction of sp³-hybridized carbons (Fsp3) is 0.500. The summed E-state index contributed by atoms with van der Waals surface area (Å²) >= 11 is 0. The van der Waals surface area contributed by atoms with Gasteiger partial charge in [0.1, 0.15) is 0 Å². The Bertz CT molecular complexity index is 101. The van der Waals surface area contributed by atoms with E-state index in [-0.39, 0.29) is 25.5 Å². The van der Waals surface area contributed by atoms with Gasteiger partial charge in [0, 0.05) is 0 Å². The Morgan fingerprint density at radius 3 is 2.11 bits per heavy atom. The Morgan fingerprint density at radius 2 is 1.89 bits per heavy atom. The van der Waals surface area contributed by atoms with Gasteiger partial charge >= 0.3 is 7.12 Å². The normalized spacial score (nSPS) is 17.8. The maximum atomic E-state index is 5.41. The summed E-state index contributed by atoms with van der Waals surface area (Å²) in [6, 6.07) is 0. The van der Waals surface area contributed by atoms with Crippen molar-refractivity contribution in [3.63, 3.8) is 0 Å². The molecule has 1 unspecified atom stereocenters. The molecule has 2 N–H and O–H groups in total. The lowest BCUT2D eigenvalue weighted by Gasteiger charge is -2.05. The molecular weight excluding hydrogens is 140 g/mol. The van der Waals surface area contributed by atoms with Gasteiger partial charge in [-0.25, -0.2) is 0 Å². The molecule has 52 valence electrons. The summed E-state index contributed by atoms with van der Waals surface area (Å²) in [5.74, 6) is -0.0648. The van der Waals surface area contributed by atoms with Gasteiger partial charge in [0.15, 0.2) is 0 Å². The van der Waals surface area contributed by atoms with Crippen molar-refractivity contribution in [1.29, 1.82) is 0 Å². The summed E-state index contributed by atoms with van der Waals surface area (Å²) in [5, 5.41) is 0. The molecule has 0 aromatic rings. The van der Waals surface area contributed by atoms with Crippen LogP contribution in [0.15, 0.2) is 12.5 Å². The van der Waals surface area contributed by atoms with Gasteiger partial charge in [-0.05, 0) is 6.92 Å². The van der Waals surface area contributed by atoms with Gasteiger partial charge < -0.3 is 15.0 Å². The monoisotopic (exact) mass is 149 g/mol. The zero-order valence-corrected chi connectivity index (χ0v) is 5.93. The van der Waals surface area contributed by atoms with Crippen LogP contribution in [0.25, 0.3) is 0 Å². The molecule has 0 spiro atoms. The molecule has 1 rings (SSSR count). The third-order valence-electron chi connectivity index (χ3n) is 0.910. The van der Waals surface area contributed by atoms with E-state index in [1.54, 1.807) is 0 Å². The second-order valence-corrected chi connectivity index (χ2v) is 1.77. The molecule has 0 aromatic heterocycles. The minimum absolute atomic E-state index is 0. The van der Waals surface area contributed by atoms with Crippen LogP contribution in [0.1, 0.15) is 6.92 Å². The van der Waals surface area contributed by atoms with E-state index < -0.39 is 0 Å². The summed E-state index contributed by atoms with van der Waals surface area (Å²) in [7, 11) is -0.269. The summed E-state index contributed by atoms with van der Waals surface area (Å²) in [6.07, 6.45) is 2.99. The van der Waals surface area contributed by atoms with Crippen LogP contribution >= 0.6 is 12.4 Å². The molecule has 9 heavy (non-hydrogen) atoms. The lowest BCUT2D eigenvalue weighted by Crippen LogP contribution is -2.37. The lowest BCUT2D eigenvalue weighted by molar-refractivity contribution is 0.391. The summed E-state index contributed by atoms with van der Waals surface area (Å²) in [5.41, 5.74) is 5.41. The average molecular weight is 149 g/mol. The van der Waals surface area contributed by atoms with Crippen molar-refractivity contribution in [2.24, 2.45) is 5.73 Å². The van der Waals surface area contributed by atoms with E-state index in [1.807, 2.05) is 6.92 Å². The first-order chi connectivity index (χ1) is 3.80. The van der Waals surface area contributed by atoms with Crippen molar-refractivity contribution in [1.82, 2.24) is 0 Å². The lowest BCUT2D eigenvalue weighted by atomic mass is 9.81. The first kappa shape index (κ1) is 8.65. The van der Waals surface area contributed by atoms with Gasteiger partial charge in [-0.3, -0.25) is 0 Å². The number of rotatable bonds is 1. The summed E-state index contributed by atoms with van der Waals surface area (Å²) in [6.45, 7) is 1.83. The third-order valence-corrected chi connectivity index (χ3v) is 0.910. The fourth-order valence-electron chi connectivity index (χ4n) is 0.499. The van der Waals surface area contributed by atoms with Crippen molar-refractivity contribution in [2.45, 2.75) is 12.9 Å². The van der Waals surface area contributed by atoms with Gasteiger partial charge in [0.05, 0.1) is 18.5 Å². The van der Waals surface area contributed by atoms with Crippen molar-refractivity contribution in [3.8, 4) is 0 Å². The van der Waals surface area contributed by atoms with Crippen LogP contribution in [0.4, 0.5) is 0 Å². The van der Waals surface area contributed by atoms with E-state index in [0.717, 1.165) is 0 Å². The van der Waals surface area contributed by atoms with Crippen LogP contribution in [-0.4, -0.2) is 13.1 Å². The van der Waals surface area contributed by atoms with E-state index in [9.17, 15) is 0 Å². The molecule has 3 nitrogen and oxygen atoms in total. The minimum Gasteiger partial charge on any atom is -0.528 e. The summed E-state index contributed by atoms with van der Waals surface area (Å²) in [4.78, 5) is 0. The molecule has 0 aliphatic carbocycles. The first-order valence-corrected chi connectivity index (χ1v) is 2.52. The summed E-state index contributed by atoms with van der Waals surface area (Å²) < 4.78 is 9.77.